The van der Waals surface area contributed by atoms with Gasteiger partial charge in [0.2, 0.25) is 0 Å². The summed E-state index contributed by atoms with van der Waals surface area (Å²) in [5, 5.41) is 21.8. The number of aromatic hydroxyl groups is 2. The van der Waals surface area contributed by atoms with E-state index in [0.29, 0.717) is 17.4 Å². The molecule has 2 aliphatic carbocycles. The highest BCUT2D eigenvalue weighted by Gasteiger charge is 2.45. The van der Waals surface area contributed by atoms with Gasteiger partial charge in [0.15, 0.2) is 0 Å². The Labute approximate surface area is 156 Å². The van der Waals surface area contributed by atoms with Gasteiger partial charge in [0.25, 0.3) is 0 Å². The molecule has 26 heavy (non-hydrogen) atoms. The number of hydrogen-bond acceptors (Lipinski definition) is 2. The molecule has 0 aliphatic heterocycles. The van der Waals surface area contributed by atoms with Gasteiger partial charge < -0.3 is 10.2 Å². The molecule has 2 aromatic rings. The van der Waals surface area contributed by atoms with E-state index in [1.165, 1.54) is 36.8 Å². The Morgan fingerprint density at radius 1 is 0.731 bits per heavy atom. The quantitative estimate of drug-likeness (QED) is 0.723. The third kappa shape index (κ3) is 3.00. The topological polar surface area (TPSA) is 40.5 Å². The zero-order valence-electron chi connectivity index (χ0n) is 16.3. The number of fused-ring (bicyclic) bond motifs is 1. The van der Waals surface area contributed by atoms with Crippen LogP contribution >= 0.6 is 0 Å². The normalized spacial score (nSPS) is 24.6. The number of hydrogen-bond donors (Lipinski definition) is 2. The molecule has 138 valence electrons. The maximum atomic E-state index is 10.9. The maximum Gasteiger partial charge on any atom is 0.122 e. The summed E-state index contributed by atoms with van der Waals surface area (Å²) in [7, 11) is 0. The molecular weight excluding hydrogens is 320 g/mol. The lowest BCUT2D eigenvalue weighted by Crippen LogP contribution is -2.20. The second kappa shape index (κ2) is 6.33. The summed E-state index contributed by atoms with van der Waals surface area (Å²) in [6.45, 7) is 8.13. The molecule has 2 saturated carbocycles. The summed E-state index contributed by atoms with van der Waals surface area (Å²) in [6, 6.07) is 8.33. The Morgan fingerprint density at radius 2 is 1.27 bits per heavy atom. The first-order chi connectivity index (χ1) is 12.3. The van der Waals surface area contributed by atoms with Crippen LogP contribution in [0.1, 0.15) is 65.0 Å². The van der Waals surface area contributed by atoms with E-state index >= 15 is 0 Å². The highest BCUT2D eigenvalue weighted by Crippen LogP contribution is 2.56. The zero-order chi connectivity index (χ0) is 18.6. The Hall–Kier alpha value is -1.96. The van der Waals surface area contributed by atoms with Crippen LogP contribution in [0.4, 0.5) is 0 Å². The molecule has 2 nitrogen and oxygen atoms in total. The van der Waals surface area contributed by atoms with Crippen LogP contribution in [0.2, 0.25) is 0 Å². The van der Waals surface area contributed by atoms with Crippen LogP contribution in [0.5, 0.6) is 11.5 Å². The molecule has 0 amide bonds. The Bertz CT molecular complexity index is 794. The average molecular weight is 351 g/mol. The SMILES string of the molecule is Cc1cc(C)c(O)c(C(c2cc(C)cc(C)c2O)C2CCC3CC3C2)c1. The highest BCUT2D eigenvalue weighted by molar-refractivity contribution is 5.53. The fraction of sp³-hybridized carbons (Fsp3) is 0.500. The van der Waals surface area contributed by atoms with E-state index in [0.717, 1.165) is 34.1 Å². The molecule has 2 heteroatoms. The Balaban J connectivity index is 1.88. The standard InChI is InChI=1S/C24H30O2/c1-13-7-15(3)23(25)20(9-13)22(18-6-5-17-11-19(17)12-18)21-10-14(2)8-16(4)24(21)26/h7-10,17-19,22,25-26H,5-6,11-12H2,1-4H3. The fourth-order valence-corrected chi connectivity index (χ4v) is 5.33. The summed E-state index contributed by atoms with van der Waals surface area (Å²) in [4.78, 5) is 0. The minimum Gasteiger partial charge on any atom is -0.507 e. The van der Waals surface area contributed by atoms with E-state index in [4.69, 9.17) is 0 Å². The highest BCUT2D eigenvalue weighted by atomic mass is 16.3. The van der Waals surface area contributed by atoms with E-state index in [1.807, 2.05) is 26.0 Å². The first kappa shape index (κ1) is 17.5. The molecule has 2 aromatic carbocycles. The van der Waals surface area contributed by atoms with Crippen molar-refractivity contribution >= 4 is 0 Å². The largest absolute Gasteiger partial charge is 0.507 e. The van der Waals surface area contributed by atoms with Crippen molar-refractivity contribution in [2.75, 3.05) is 0 Å². The first-order valence-corrected chi connectivity index (χ1v) is 9.95. The molecular formula is C24H30O2. The third-order valence-corrected chi connectivity index (χ3v) is 6.67. The minimum atomic E-state index is 0.0637. The van der Waals surface area contributed by atoms with Gasteiger partial charge in [-0.25, -0.2) is 0 Å². The van der Waals surface area contributed by atoms with E-state index in [1.54, 1.807) is 0 Å². The van der Waals surface area contributed by atoms with Crippen molar-refractivity contribution in [3.63, 3.8) is 0 Å². The average Bonchev–Trinajstić information content (AvgIpc) is 3.35. The van der Waals surface area contributed by atoms with Crippen LogP contribution in [0, 0.1) is 45.4 Å². The molecule has 0 bridgehead atoms. The number of phenols is 2. The van der Waals surface area contributed by atoms with Crippen LogP contribution in [0.3, 0.4) is 0 Å². The molecule has 0 aromatic heterocycles. The molecule has 0 spiro atoms. The van der Waals surface area contributed by atoms with Gasteiger partial charge in [-0.2, -0.15) is 0 Å². The molecule has 3 unspecified atom stereocenters. The van der Waals surface area contributed by atoms with Crippen LogP contribution in [0.15, 0.2) is 24.3 Å². The van der Waals surface area contributed by atoms with Crippen molar-refractivity contribution in [3.05, 3.63) is 57.6 Å². The fourth-order valence-electron chi connectivity index (χ4n) is 5.33. The molecule has 2 N–H and O–H groups in total. The number of phenolic OH excluding ortho intramolecular Hbond substituents is 2. The maximum absolute atomic E-state index is 10.9. The van der Waals surface area contributed by atoms with Crippen molar-refractivity contribution in [1.29, 1.82) is 0 Å². The van der Waals surface area contributed by atoms with Crippen LogP contribution in [-0.2, 0) is 0 Å². The second-order valence-corrected chi connectivity index (χ2v) is 8.85. The Kier molecular flexibility index (Phi) is 4.25. The number of rotatable bonds is 3. The smallest absolute Gasteiger partial charge is 0.122 e. The summed E-state index contributed by atoms with van der Waals surface area (Å²) in [5.41, 5.74) is 6.18. The van der Waals surface area contributed by atoms with Gasteiger partial charge in [0.05, 0.1) is 0 Å². The third-order valence-electron chi connectivity index (χ3n) is 6.67. The molecule has 0 saturated heterocycles. The van der Waals surface area contributed by atoms with Crippen molar-refractivity contribution in [2.24, 2.45) is 17.8 Å². The summed E-state index contributed by atoms with van der Waals surface area (Å²) >= 11 is 0. The first-order valence-electron chi connectivity index (χ1n) is 9.95. The molecule has 4 rings (SSSR count). The summed E-state index contributed by atoms with van der Waals surface area (Å²) in [5.74, 6) is 3.14. The van der Waals surface area contributed by atoms with Crippen LogP contribution < -0.4 is 0 Å². The summed E-state index contributed by atoms with van der Waals surface area (Å²) in [6.07, 6.45) is 5.07. The molecule has 3 atom stereocenters. The van der Waals surface area contributed by atoms with Gasteiger partial charge in [-0.05, 0) is 82.3 Å². The summed E-state index contributed by atoms with van der Waals surface area (Å²) < 4.78 is 0. The monoisotopic (exact) mass is 350 g/mol. The molecule has 0 heterocycles. The number of benzene rings is 2. The predicted octanol–water partition coefficient (Wildman–Crippen LogP) is 5.90. The van der Waals surface area contributed by atoms with Gasteiger partial charge >= 0.3 is 0 Å². The van der Waals surface area contributed by atoms with Crippen LogP contribution in [0.25, 0.3) is 0 Å². The molecule has 0 radical (unpaired) electrons. The van der Waals surface area contributed by atoms with E-state index < -0.39 is 0 Å². The minimum absolute atomic E-state index is 0.0637. The predicted molar refractivity (Wildman–Crippen MR) is 106 cm³/mol. The molecule has 2 fully saturated rings. The van der Waals surface area contributed by atoms with Gasteiger partial charge in [0.1, 0.15) is 11.5 Å². The lowest BCUT2D eigenvalue weighted by Gasteiger charge is -2.33. The van der Waals surface area contributed by atoms with Gasteiger partial charge in [0, 0.05) is 17.0 Å². The van der Waals surface area contributed by atoms with Crippen molar-refractivity contribution in [1.82, 2.24) is 0 Å². The van der Waals surface area contributed by atoms with Crippen molar-refractivity contribution < 1.29 is 10.2 Å². The number of aryl methyl sites for hydroxylation is 4. The zero-order valence-corrected chi connectivity index (χ0v) is 16.3. The van der Waals surface area contributed by atoms with Crippen molar-refractivity contribution in [2.45, 2.75) is 59.3 Å². The Morgan fingerprint density at radius 3 is 1.77 bits per heavy atom. The van der Waals surface area contributed by atoms with Crippen molar-refractivity contribution in [3.8, 4) is 11.5 Å². The van der Waals surface area contributed by atoms with Gasteiger partial charge in [-0.3, -0.25) is 0 Å². The molecule has 2 aliphatic rings. The second-order valence-electron chi connectivity index (χ2n) is 8.85. The van der Waals surface area contributed by atoms with E-state index in [9.17, 15) is 10.2 Å². The van der Waals surface area contributed by atoms with Gasteiger partial charge in [-0.15, -0.1) is 0 Å². The van der Waals surface area contributed by atoms with Gasteiger partial charge in [-0.1, -0.05) is 35.4 Å². The lowest BCUT2D eigenvalue weighted by molar-refractivity contribution is 0.305. The van der Waals surface area contributed by atoms with Crippen LogP contribution in [-0.4, -0.2) is 10.2 Å². The van der Waals surface area contributed by atoms with E-state index in [2.05, 4.69) is 26.0 Å². The lowest BCUT2D eigenvalue weighted by atomic mass is 9.72. The van der Waals surface area contributed by atoms with E-state index in [-0.39, 0.29) is 5.92 Å².